The highest BCUT2D eigenvalue weighted by Gasteiger charge is 2.34. The van der Waals surface area contributed by atoms with Gasteiger partial charge in [-0.15, -0.1) is 0 Å². The summed E-state index contributed by atoms with van der Waals surface area (Å²) in [6, 6.07) is 4.71. The lowest BCUT2D eigenvalue weighted by molar-refractivity contribution is -0.137. The first-order valence-corrected chi connectivity index (χ1v) is 6.27. The van der Waals surface area contributed by atoms with E-state index in [-0.39, 0.29) is 12.1 Å². The summed E-state index contributed by atoms with van der Waals surface area (Å²) in [5, 5.41) is 8.81. The Hall–Kier alpha value is -2.38. The molecule has 0 aliphatic heterocycles. The SMILES string of the molecule is O=C(NCCCc1ncn[nH]1)c1ccccc1C(F)(F)F. The lowest BCUT2D eigenvalue weighted by atomic mass is 10.1. The van der Waals surface area contributed by atoms with Crippen LogP contribution in [0.25, 0.3) is 0 Å². The number of amides is 1. The fraction of sp³-hybridized carbons (Fsp3) is 0.308. The predicted molar refractivity (Wildman–Crippen MR) is 68.5 cm³/mol. The van der Waals surface area contributed by atoms with Crippen molar-refractivity contribution in [2.75, 3.05) is 6.54 Å². The number of nitrogens with one attached hydrogen (secondary N) is 2. The van der Waals surface area contributed by atoms with Gasteiger partial charge in [-0.25, -0.2) is 4.98 Å². The van der Waals surface area contributed by atoms with Crippen molar-refractivity contribution in [3.05, 3.63) is 47.5 Å². The van der Waals surface area contributed by atoms with Crippen LogP contribution in [0.1, 0.15) is 28.2 Å². The van der Waals surface area contributed by atoms with E-state index in [2.05, 4.69) is 20.5 Å². The Labute approximate surface area is 118 Å². The Balaban J connectivity index is 1.92. The Morgan fingerprint density at radius 3 is 2.71 bits per heavy atom. The summed E-state index contributed by atoms with van der Waals surface area (Å²) >= 11 is 0. The van der Waals surface area contributed by atoms with E-state index in [0.717, 1.165) is 12.1 Å². The first kappa shape index (κ1) is 15.0. The molecule has 21 heavy (non-hydrogen) atoms. The number of benzene rings is 1. The van der Waals surface area contributed by atoms with E-state index in [4.69, 9.17) is 0 Å². The lowest BCUT2D eigenvalue weighted by Gasteiger charge is -2.12. The Morgan fingerprint density at radius 1 is 1.29 bits per heavy atom. The minimum Gasteiger partial charge on any atom is -0.352 e. The molecule has 1 heterocycles. The molecule has 112 valence electrons. The number of H-pyrrole nitrogens is 1. The molecule has 1 amide bonds. The number of aromatic nitrogens is 3. The summed E-state index contributed by atoms with van der Waals surface area (Å²) in [5.74, 6) is -0.0690. The van der Waals surface area contributed by atoms with E-state index in [1.807, 2.05) is 0 Å². The van der Waals surface area contributed by atoms with E-state index < -0.39 is 17.6 Å². The Kier molecular flexibility index (Phi) is 4.56. The van der Waals surface area contributed by atoms with E-state index in [9.17, 15) is 18.0 Å². The van der Waals surface area contributed by atoms with Crippen LogP contribution in [0.2, 0.25) is 0 Å². The molecule has 2 aromatic rings. The molecular formula is C13H13F3N4O. The van der Waals surface area contributed by atoms with Gasteiger partial charge in [0.15, 0.2) is 0 Å². The van der Waals surface area contributed by atoms with Gasteiger partial charge in [0.1, 0.15) is 12.2 Å². The first-order chi connectivity index (χ1) is 9.98. The van der Waals surface area contributed by atoms with Gasteiger partial charge in [-0.05, 0) is 18.6 Å². The molecule has 0 aliphatic carbocycles. The Morgan fingerprint density at radius 2 is 2.05 bits per heavy atom. The molecule has 0 atom stereocenters. The summed E-state index contributed by atoms with van der Waals surface area (Å²) in [7, 11) is 0. The summed E-state index contributed by atoms with van der Waals surface area (Å²) in [6.07, 6.45) is -2.07. The zero-order valence-electron chi connectivity index (χ0n) is 10.9. The molecule has 1 aromatic carbocycles. The van der Waals surface area contributed by atoms with Crippen molar-refractivity contribution in [1.29, 1.82) is 0 Å². The van der Waals surface area contributed by atoms with E-state index in [1.165, 1.54) is 18.5 Å². The van der Waals surface area contributed by atoms with Crippen molar-refractivity contribution in [3.8, 4) is 0 Å². The quantitative estimate of drug-likeness (QED) is 0.831. The molecule has 5 nitrogen and oxygen atoms in total. The van der Waals surface area contributed by atoms with E-state index in [0.29, 0.717) is 18.7 Å². The maximum atomic E-state index is 12.8. The number of rotatable bonds is 5. The summed E-state index contributed by atoms with van der Waals surface area (Å²) in [4.78, 5) is 15.7. The molecule has 1 aromatic heterocycles. The van der Waals surface area contributed by atoms with Crippen LogP contribution in [0.5, 0.6) is 0 Å². The lowest BCUT2D eigenvalue weighted by Crippen LogP contribution is -2.27. The summed E-state index contributed by atoms with van der Waals surface area (Å²) in [6.45, 7) is 0.256. The average molecular weight is 298 g/mol. The van der Waals surface area contributed by atoms with Crippen LogP contribution in [0, 0.1) is 0 Å². The second-order valence-corrected chi connectivity index (χ2v) is 4.33. The minimum absolute atomic E-state index is 0.256. The maximum absolute atomic E-state index is 12.8. The summed E-state index contributed by atoms with van der Waals surface area (Å²) in [5.41, 5.74) is -1.30. The third-order valence-electron chi connectivity index (χ3n) is 2.82. The van der Waals surface area contributed by atoms with Crippen LogP contribution in [-0.4, -0.2) is 27.6 Å². The molecular weight excluding hydrogens is 285 g/mol. The zero-order chi connectivity index (χ0) is 15.3. The molecule has 0 spiro atoms. The average Bonchev–Trinajstić information content (AvgIpc) is 2.95. The molecule has 0 bridgehead atoms. The van der Waals surface area contributed by atoms with Crippen molar-refractivity contribution in [2.24, 2.45) is 0 Å². The van der Waals surface area contributed by atoms with Crippen LogP contribution in [0.15, 0.2) is 30.6 Å². The van der Waals surface area contributed by atoms with Gasteiger partial charge in [-0.2, -0.15) is 18.3 Å². The molecule has 0 aliphatic rings. The number of nitrogens with zero attached hydrogens (tertiary/aromatic N) is 2. The van der Waals surface area contributed by atoms with Gasteiger partial charge in [-0.3, -0.25) is 9.89 Å². The minimum atomic E-state index is -4.55. The number of aromatic amines is 1. The highest BCUT2D eigenvalue weighted by Crippen LogP contribution is 2.31. The van der Waals surface area contributed by atoms with Crippen LogP contribution < -0.4 is 5.32 Å². The Bertz CT molecular complexity index is 596. The standard InChI is InChI=1S/C13H13F3N4O/c14-13(15,16)10-5-2-1-4-9(10)12(21)17-7-3-6-11-18-8-19-20-11/h1-2,4-5,8H,3,6-7H2,(H,17,21)(H,18,19,20). The summed E-state index contributed by atoms with van der Waals surface area (Å²) < 4.78 is 38.4. The smallest absolute Gasteiger partial charge is 0.352 e. The highest BCUT2D eigenvalue weighted by atomic mass is 19.4. The molecule has 0 fully saturated rings. The second-order valence-electron chi connectivity index (χ2n) is 4.33. The van der Waals surface area contributed by atoms with Crippen LogP contribution >= 0.6 is 0 Å². The molecule has 2 rings (SSSR count). The molecule has 0 radical (unpaired) electrons. The number of hydrogen-bond acceptors (Lipinski definition) is 3. The van der Waals surface area contributed by atoms with Gasteiger partial charge >= 0.3 is 6.18 Å². The predicted octanol–water partition coefficient (Wildman–Crippen LogP) is 2.19. The van der Waals surface area contributed by atoms with Crippen molar-refractivity contribution in [3.63, 3.8) is 0 Å². The molecule has 2 N–H and O–H groups in total. The van der Waals surface area contributed by atoms with Crippen LogP contribution in [-0.2, 0) is 12.6 Å². The van der Waals surface area contributed by atoms with Crippen LogP contribution in [0.4, 0.5) is 13.2 Å². The number of aryl methyl sites for hydroxylation is 1. The second kappa shape index (κ2) is 6.38. The van der Waals surface area contributed by atoms with Crippen molar-refractivity contribution >= 4 is 5.91 Å². The van der Waals surface area contributed by atoms with Gasteiger partial charge < -0.3 is 5.32 Å². The maximum Gasteiger partial charge on any atom is 0.417 e. The van der Waals surface area contributed by atoms with Gasteiger partial charge in [0, 0.05) is 13.0 Å². The van der Waals surface area contributed by atoms with E-state index in [1.54, 1.807) is 0 Å². The number of hydrogen-bond donors (Lipinski definition) is 2. The van der Waals surface area contributed by atoms with Crippen molar-refractivity contribution < 1.29 is 18.0 Å². The fourth-order valence-electron chi connectivity index (χ4n) is 1.83. The monoisotopic (exact) mass is 298 g/mol. The van der Waals surface area contributed by atoms with Gasteiger partial charge in [0.05, 0.1) is 11.1 Å². The van der Waals surface area contributed by atoms with E-state index >= 15 is 0 Å². The first-order valence-electron chi connectivity index (χ1n) is 6.27. The van der Waals surface area contributed by atoms with Crippen molar-refractivity contribution in [2.45, 2.75) is 19.0 Å². The molecule has 8 heteroatoms. The number of halogens is 3. The third-order valence-corrected chi connectivity index (χ3v) is 2.82. The van der Waals surface area contributed by atoms with Crippen molar-refractivity contribution in [1.82, 2.24) is 20.5 Å². The number of carbonyl (C=O) groups excluding carboxylic acids is 1. The molecule has 0 saturated carbocycles. The topological polar surface area (TPSA) is 70.7 Å². The van der Waals surface area contributed by atoms with Gasteiger partial charge in [-0.1, -0.05) is 12.1 Å². The number of alkyl halides is 3. The van der Waals surface area contributed by atoms with Gasteiger partial charge in [0.25, 0.3) is 5.91 Å². The van der Waals surface area contributed by atoms with Gasteiger partial charge in [0.2, 0.25) is 0 Å². The third kappa shape index (κ3) is 4.04. The highest BCUT2D eigenvalue weighted by molar-refractivity contribution is 5.95. The molecule has 0 unspecified atom stereocenters. The van der Waals surface area contributed by atoms with Crippen LogP contribution in [0.3, 0.4) is 0 Å². The normalized spacial score (nSPS) is 11.4. The number of carbonyl (C=O) groups is 1. The largest absolute Gasteiger partial charge is 0.417 e. The zero-order valence-corrected chi connectivity index (χ0v) is 10.9. The fourth-order valence-corrected chi connectivity index (χ4v) is 1.83. The molecule has 0 saturated heterocycles.